The van der Waals surface area contributed by atoms with Gasteiger partial charge < -0.3 is 19.9 Å². The molecule has 0 radical (unpaired) electrons. The highest BCUT2D eigenvalue weighted by atomic mass is 35.5. The van der Waals surface area contributed by atoms with Crippen molar-refractivity contribution in [1.82, 2.24) is 5.32 Å². The number of benzene rings is 3. The normalized spacial score (nSPS) is 16.7. The molecule has 2 aliphatic rings. The first-order valence-electron chi connectivity index (χ1n) is 11.8. The highest BCUT2D eigenvalue weighted by Crippen LogP contribution is 2.42. The maximum absolute atomic E-state index is 12.5. The van der Waals surface area contributed by atoms with Crippen molar-refractivity contribution in [2.45, 2.75) is 37.5 Å². The molecule has 0 spiro atoms. The van der Waals surface area contributed by atoms with Crippen LogP contribution in [0.3, 0.4) is 0 Å². The largest absolute Gasteiger partial charge is 0.493 e. The summed E-state index contributed by atoms with van der Waals surface area (Å²) in [6.45, 7) is 0.878. The lowest BCUT2D eigenvalue weighted by Gasteiger charge is -2.24. The van der Waals surface area contributed by atoms with Crippen LogP contribution in [0.2, 0.25) is 5.02 Å². The van der Waals surface area contributed by atoms with Crippen molar-refractivity contribution >= 4 is 23.5 Å². The number of fused-ring (bicyclic) bond motifs is 1. The summed E-state index contributed by atoms with van der Waals surface area (Å²) in [6.07, 6.45) is 3.76. The molecule has 7 heteroatoms. The molecule has 3 aromatic carbocycles. The highest BCUT2D eigenvalue weighted by molar-refractivity contribution is 6.32. The van der Waals surface area contributed by atoms with Gasteiger partial charge in [0.15, 0.2) is 0 Å². The van der Waals surface area contributed by atoms with Gasteiger partial charge in [-0.05, 0) is 73.1 Å². The van der Waals surface area contributed by atoms with E-state index in [-0.39, 0.29) is 5.91 Å². The Labute approximate surface area is 208 Å². The number of nitrogens with one attached hydrogen (secondary N) is 1. The highest BCUT2D eigenvalue weighted by Gasteiger charge is 2.29. The molecule has 0 bridgehead atoms. The molecule has 2 N–H and O–H groups in total. The third-order valence-electron chi connectivity index (χ3n) is 6.47. The number of halogens is 1. The molecule has 3 aromatic rings. The quantitative estimate of drug-likeness (QED) is 0.407. The van der Waals surface area contributed by atoms with Crippen molar-refractivity contribution < 1.29 is 24.2 Å². The lowest BCUT2D eigenvalue weighted by atomic mass is 9.93. The Kier molecular flexibility index (Phi) is 6.64. The van der Waals surface area contributed by atoms with Gasteiger partial charge in [-0.1, -0.05) is 35.9 Å². The minimum absolute atomic E-state index is 0.147. The number of carbonyl (C=O) groups is 2. The van der Waals surface area contributed by atoms with Crippen LogP contribution in [0.1, 0.15) is 58.1 Å². The molecule has 1 aliphatic heterocycles. The average Bonchev–Trinajstić information content (AvgIpc) is 3.70. The topological polar surface area (TPSA) is 84.9 Å². The molecule has 1 fully saturated rings. The van der Waals surface area contributed by atoms with E-state index in [0.717, 1.165) is 12.3 Å². The maximum Gasteiger partial charge on any atom is 0.311 e. The van der Waals surface area contributed by atoms with Crippen LogP contribution >= 0.6 is 11.6 Å². The van der Waals surface area contributed by atoms with Gasteiger partial charge in [0.2, 0.25) is 0 Å². The van der Waals surface area contributed by atoms with Gasteiger partial charge in [-0.25, -0.2) is 0 Å². The van der Waals surface area contributed by atoms with E-state index < -0.39 is 11.9 Å². The van der Waals surface area contributed by atoms with E-state index in [2.05, 4.69) is 29.6 Å². The minimum atomic E-state index is -0.903. The summed E-state index contributed by atoms with van der Waals surface area (Å²) in [5, 5.41) is 12.7. The predicted octanol–water partition coefficient (Wildman–Crippen LogP) is 5.93. The molecule has 0 saturated heterocycles. The van der Waals surface area contributed by atoms with Crippen LogP contribution < -0.4 is 14.8 Å². The second-order valence-electron chi connectivity index (χ2n) is 9.00. The van der Waals surface area contributed by atoms with Crippen LogP contribution in [-0.4, -0.2) is 30.1 Å². The lowest BCUT2D eigenvalue weighted by molar-refractivity contribution is -0.139. The molecular formula is C28H26ClNO5. The van der Waals surface area contributed by atoms with Crippen molar-refractivity contribution in [2.24, 2.45) is 0 Å². The molecular weight excluding hydrogens is 466 g/mol. The number of ether oxygens (including phenoxy) is 2. The van der Waals surface area contributed by atoms with Gasteiger partial charge in [-0.3, -0.25) is 9.59 Å². The van der Waals surface area contributed by atoms with Crippen molar-refractivity contribution in [3.63, 3.8) is 0 Å². The zero-order valence-electron chi connectivity index (χ0n) is 19.1. The third-order valence-corrected chi connectivity index (χ3v) is 6.77. The van der Waals surface area contributed by atoms with Gasteiger partial charge in [0.1, 0.15) is 17.2 Å². The molecule has 35 heavy (non-hydrogen) atoms. The van der Waals surface area contributed by atoms with E-state index in [0.29, 0.717) is 53.0 Å². The van der Waals surface area contributed by atoms with Crippen molar-refractivity contribution in [3.05, 3.63) is 87.9 Å². The molecule has 0 aromatic heterocycles. The molecule has 1 heterocycles. The summed E-state index contributed by atoms with van der Waals surface area (Å²) in [4.78, 5) is 24.0. The number of amides is 1. The second-order valence-corrected chi connectivity index (χ2v) is 9.40. The average molecular weight is 492 g/mol. The Morgan fingerprint density at radius 1 is 1.03 bits per heavy atom. The second kappa shape index (κ2) is 10.0. The van der Waals surface area contributed by atoms with Crippen LogP contribution in [0.5, 0.6) is 17.2 Å². The van der Waals surface area contributed by atoms with Crippen molar-refractivity contribution in [3.8, 4) is 17.2 Å². The number of rotatable bonds is 8. The summed E-state index contributed by atoms with van der Waals surface area (Å²) >= 11 is 6.36. The van der Waals surface area contributed by atoms with Gasteiger partial charge in [-0.15, -0.1) is 0 Å². The zero-order chi connectivity index (χ0) is 24.4. The fraction of sp³-hybridized carbons (Fsp3) is 0.286. The third kappa shape index (κ3) is 5.43. The fourth-order valence-electron chi connectivity index (χ4n) is 4.32. The monoisotopic (exact) mass is 491 g/mol. The van der Waals surface area contributed by atoms with E-state index in [1.54, 1.807) is 36.4 Å². The van der Waals surface area contributed by atoms with Crippen LogP contribution in [0, 0.1) is 0 Å². The molecule has 1 saturated carbocycles. The lowest BCUT2D eigenvalue weighted by Crippen LogP contribution is -2.25. The summed E-state index contributed by atoms with van der Waals surface area (Å²) in [6, 6.07) is 18.7. The van der Waals surface area contributed by atoms with Gasteiger partial charge >= 0.3 is 5.97 Å². The van der Waals surface area contributed by atoms with E-state index in [1.165, 1.54) is 24.0 Å². The Balaban J connectivity index is 1.17. The van der Waals surface area contributed by atoms with E-state index in [4.69, 9.17) is 21.1 Å². The number of carbonyl (C=O) groups excluding carboxylic acids is 1. The molecule has 6 nitrogen and oxygen atoms in total. The Morgan fingerprint density at radius 2 is 1.77 bits per heavy atom. The number of aliphatic carboxylic acids is 1. The molecule has 1 amide bonds. The van der Waals surface area contributed by atoms with Crippen LogP contribution in [0.25, 0.3) is 0 Å². The first kappa shape index (κ1) is 23.2. The van der Waals surface area contributed by atoms with Crippen LogP contribution in [0.15, 0.2) is 60.7 Å². The molecule has 180 valence electrons. The standard InChI is InChI=1S/C28H26ClNO5/c29-24-15-23-22(28(32)33)12-14-34-25(23)16-26(24)35-21-9-7-20(8-10-21)27(31)30-13-11-17-1-3-18(4-2-17)19-5-6-19/h1-4,7-10,15-16,19,22H,5-6,11-14H2,(H,30,31)(H,32,33). The smallest absolute Gasteiger partial charge is 0.311 e. The van der Waals surface area contributed by atoms with E-state index in [1.807, 2.05) is 0 Å². The predicted molar refractivity (Wildman–Crippen MR) is 133 cm³/mol. The Hall–Kier alpha value is -3.51. The summed E-state index contributed by atoms with van der Waals surface area (Å²) in [7, 11) is 0. The first-order valence-corrected chi connectivity index (χ1v) is 12.2. The van der Waals surface area contributed by atoms with E-state index >= 15 is 0 Å². The zero-order valence-corrected chi connectivity index (χ0v) is 19.9. The Bertz CT molecular complexity index is 1240. The molecule has 1 atom stereocenters. The minimum Gasteiger partial charge on any atom is -0.493 e. The van der Waals surface area contributed by atoms with Crippen molar-refractivity contribution in [2.75, 3.05) is 13.2 Å². The molecule has 1 aliphatic carbocycles. The van der Waals surface area contributed by atoms with Gasteiger partial charge in [0.05, 0.1) is 17.5 Å². The SMILES string of the molecule is O=C(NCCc1ccc(C2CC2)cc1)c1ccc(Oc2cc3c(cc2Cl)C(C(=O)O)CCO3)cc1. The molecule has 5 rings (SSSR count). The summed E-state index contributed by atoms with van der Waals surface area (Å²) in [5.41, 5.74) is 3.70. The summed E-state index contributed by atoms with van der Waals surface area (Å²) in [5.74, 6) is 0.375. The fourth-order valence-corrected chi connectivity index (χ4v) is 4.53. The van der Waals surface area contributed by atoms with Crippen LogP contribution in [-0.2, 0) is 11.2 Å². The number of carboxylic acids is 1. The van der Waals surface area contributed by atoms with Gasteiger partial charge in [-0.2, -0.15) is 0 Å². The maximum atomic E-state index is 12.5. The number of hydrogen-bond acceptors (Lipinski definition) is 4. The van der Waals surface area contributed by atoms with Gasteiger partial charge in [0, 0.05) is 23.7 Å². The van der Waals surface area contributed by atoms with E-state index in [9.17, 15) is 14.7 Å². The van der Waals surface area contributed by atoms with Crippen molar-refractivity contribution in [1.29, 1.82) is 0 Å². The van der Waals surface area contributed by atoms with Gasteiger partial charge in [0.25, 0.3) is 5.91 Å². The summed E-state index contributed by atoms with van der Waals surface area (Å²) < 4.78 is 11.5. The first-order chi connectivity index (χ1) is 17.0. The number of hydrogen-bond donors (Lipinski definition) is 2. The van der Waals surface area contributed by atoms with Crippen LogP contribution in [0.4, 0.5) is 0 Å². The molecule has 1 unspecified atom stereocenters. The Morgan fingerprint density at radius 3 is 2.46 bits per heavy atom. The number of carboxylic acid groups (broad SMARTS) is 1.